The average molecular weight is 336 g/mol. The van der Waals surface area contributed by atoms with Gasteiger partial charge in [0.2, 0.25) is 0 Å². The van der Waals surface area contributed by atoms with Crippen LogP contribution in [0.3, 0.4) is 0 Å². The van der Waals surface area contributed by atoms with Crippen molar-refractivity contribution in [3.05, 3.63) is 65.2 Å². The van der Waals surface area contributed by atoms with Gasteiger partial charge < -0.3 is 4.74 Å². The number of hydrazone groups is 1. The van der Waals surface area contributed by atoms with Crippen LogP contribution < -0.4 is 4.74 Å². The molecule has 1 heterocycles. The van der Waals surface area contributed by atoms with Crippen LogP contribution >= 0.6 is 0 Å². The van der Waals surface area contributed by atoms with Crippen molar-refractivity contribution in [3.63, 3.8) is 0 Å². The van der Waals surface area contributed by atoms with Gasteiger partial charge in [-0.1, -0.05) is 31.9 Å². The number of unbranched alkanes of at least 4 members (excludes halogenated alkanes) is 2. The highest BCUT2D eigenvalue weighted by Gasteiger charge is 2.35. The molecule has 5 nitrogen and oxygen atoms in total. The third-order valence-electron chi connectivity index (χ3n) is 3.99. The van der Waals surface area contributed by atoms with E-state index in [1.807, 2.05) is 24.3 Å². The van der Waals surface area contributed by atoms with E-state index >= 15 is 0 Å². The van der Waals surface area contributed by atoms with Crippen LogP contribution in [0.1, 0.15) is 52.5 Å². The Labute approximate surface area is 146 Å². The normalized spacial score (nSPS) is 13.6. The molecule has 5 heteroatoms. The summed E-state index contributed by atoms with van der Waals surface area (Å²) in [5.74, 6) is 0.00874. The molecule has 0 aromatic heterocycles. The van der Waals surface area contributed by atoms with Crippen LogP contribution in [0.25, 0.3) is 0 Å². The Bertz CT molecular complexity index is 762. The molecule has 1 aliphatic heterocycles. The highest BCUT2D eigenvalue weighted by Crippen LogP contribution is 2.22. The summed E-state index contributed by atoms with van der Waals surface area (Å²) in [5, 5.41) is 4.96. The molecular weight excluding hydrogens is 316 g/mol. The molecule has 2 aromatic rings. The molecule has 0 unspecified atom stereocenters. The molecule has 0 aliphatic carbocycles. The lowest BCUT2D eigenvalue weighted by Crippen LogP contribution is -2.23. The number of imide groups is 1. The molecule has 1 aliphatic rings. The van der Waals surface area contributed by atoms with Gasteiger partial charge in [-0.3, -0.25) is 9.59 Å². The van der Waals surface area contributed by atoms with Crippen LogP contribution in [0.5, 0.6) is 5.75 Å². The van der Waals surface area contributed by atoms with E-state index in [-0.39, 0.29) is 0 Å². The second kappa shape index (κ2) is 7.75. The lowest BCUT2D eigenvalue weighted by Gasteiger charge is -2.07. The van der Waals surface area contributed by atoms with Crippen LogP contribution in [-0.4, -0.2) is 29.6 Å². The first kappa shape index (κ1) is 16.9. The SMILES string of the molecule is CCCCCOc1ccc(/C=N\N2C(=O)c3ccccc3C2=O)cc1. The lowest BCUT2D eigenvalue weighted by atomic mass is 10.1. The summed E-state index contributed by atoms with van der Waals surface area (Å²) in [6, 6.07) is 14.1. The van der Waals surface area contributed by atoms with Crippen molar-refractivity contribution in [2.45, 2.75) is 26.2 Å². The van der Waals surface area contributed by atoms with Crippen LogP contribution in [-0.2, 0) is 0 Å². The Morgan fingerprint density at radius 1 is 0.960 bits per heavy atom. The number of nitrogens with zero attached hydrogens (tertiary/aromatic N) is 2. The maximum absolute atomic E-state index is 12.2. The minimum atomic E-state index is -0.396. The first-order valence-electron chi connectivity index (χ1n) is 8.45. The van der Waals surface area contributed by atoms with Gasteiger partial charge in [0.05, 0.1) is 23.9 Å². The number of hydrogen-bond donors (Lipinski definition) is 0. The van der Waals surface area contributed by atoms with Gasteiger partial charge in [0, 0.05) is 0 Å². The summed E-state index contributed by atoms with van der Waals surface area (Å²) in [7, 11) is 0. The highest BCUT2D eigenvalue weighted by atomic mass is 16.5. The Morgan fingerprint density at radius 3 is 2.20 bits per heavy atom. The summed E-state index contributed by atoms with van der Waals surface area (Å²) in [5.41, 5.74) is 1.57. The molecule has 0 atom stereocenters. The number of fused-ring (bicyclic) bond motifs is 1. The first-order chi connectivity index (χ1) is 12.2. The lowest BCUT2D eigenvalue weighted by molar-refractivity contribution is 0.0660. The second-order valence-corrected chi connectivity index (χ2v) is 5.84. The molecule has 2 amide bonds. The Balaban J connectivity index is 1.63. The Kier molecular flexibility index (Phi) is 5.23. The van der Waals surface area contributed by atoms with Crippen molar-refractivity contribution in [1.82, 2.24) is 5.01 Å². The predicted molar refractivity (Wildman–Crippen MR) is 96.0 cm³/mol. The number of rotatable bonds is 7. The predicted octanol–water partition coefficient (Wildman–Crippen LogP) is 3.89. The standard InChI is InChI=1S/C20H20N2O3/c1-2-3-6-13-25-16-11-9-15(10-12-16)14-21-22-19(23)17-7-4-5-8-18(17)20(22)24/h4-5,7-12,14H,2-3,6,13H2,1H3/b21-14-. The molecular formula is C20H20N2O3. The zero-order chi connectivity index (χ0) is 17.6. The van der Waals surface area contributed by atoms with Crippen molar-refractivity contribution in [3.8, 4) is 5.75 Å². The van der Waals surface area contributed by atoms with Crippen molar-refractivity contribution in [2.24, 2.45) is 5.10 Å². The maximum Gasteiger partial charge on any atom is 0.282 e. The van der Waals surface area contributed by atoms with Crippen molar-refractivity contribution < 1.29 is 14.3 Å². The van der Waals surface area contributed by atoms with Gasteiger partial charge in [-0.15, -0.1) is 0 Å². The van der Waals surface area contributed by atoms with E-state index in [1.54, 1.807) is 24.3 Å². The quantitative estimate of drug-likeness (QED) is 0.438. The third kappa shape index (κ3) is 3.76. The van der Waals surface area contributed by atoms with E-state index in [0.717, 1.165) is 35.6 Å². The number of carbonyl (C=O) groups is 2. The van der Waals surface area contributed by atoms with Crippen LogP contribution in [0, 0.1) is 0 Å². The molecule has 2 aromatic carbocycles. The van der Waals surface area contributed by atoms with Crippen molar-refractivity contribution in [2.75, 3.05) is 6.61 Å². The van der Waals surface area contributed by atoms with Gasteiger partial charge in [0.15, 0.2) is 0 Å². The van der Waals surface area contributed by atoms with Crippen LogP contribution in [0.4, 0.5) is 0 Å². The molecule has 128 valence electrons. The fourth-order valence-electron chi connectivity index (χ4n) is 2.60. The van der Waals surface area contributed by atoms with E-state index < -0.39 is 11.8 Å². The molecule has 0 bridgehead atoms. The van der Waals surface area contributed by atoms with Crippen molar-refractivity contribution in [1.29, 1.82) is 0 Å². The smallest absolute Gasteiger partial charge is 0.282 e. The van der Waals surface area contributed by atoms with E-state index in [0.29, 0.717) is 17.7 Å². The van der Waals surface area contributed by atoms with Crippen LogP contribution in [0.15, 0.2) is 53.6 Å². The number of amides is 2. The fourth-order valence-corrected chi connectivity index (χ4v) is 2.60. The highest BCUT2D eigenvalue weighted by molar-refractivity contribution is 6.21. The minimum Gasteiger partial charge on any atom is -0.494 e. The van der Waals surface area contributed by atoms with Crippen LogP contribution in [0.2, 0.25) is 0 Å². The van der Waals surface area contributed by atoms with Gasteiger partial charge >= 0.3 is 0 Å². The van der Waals surface area contributed by atoms with E-state index in [2.05, 4.69) is 12.0 Å². The monoisotopic (exact) mass is 336 g/mol. The fraction of sp³-hybridized carbons (Fsp3) is 0.250. The number of ether oxygens (including phenoxy) is 1. The molecule has 0 fully saturated rings. The topological polar surface area (TPSA) is 59.0 Å². The zero-order valence-corrected chi connectivity index (χ0v) is 14.1. The summed E-state index contributed by atoms with van der Waals surface area (Å²) in [6.07, 6.45) is 4.86. The molecule has 0 radical (unpaired) electrons. The van der Waals surface area contributed by atoms with E-state index in [9.17, 15) is 9.59 Å². The largest absolute Gasteiger partial charge is 0.494 e. The summed E-state index contributed by atoms with van der Waals surface area (Å²) in [6.45, 7) is 2.86. The second-order valence-electron chi connectivity index (χ2n) is 5.84. The molecule has 3 rings (SSSR count). The van der Waals surface area contributed by atoms with Gasteiger partial charge in [-0.25, -0.2) is 0 Å². The number of benzene rings is 2. The van der Waals surface area contributed by atoms with Gasteiger partial charge in [0.25, 0.3) is 11.8 Å². The zero-order valence-electron chi connectivity index (χ0n) is 14.1. The summed E-state index contributed by atoms with van der Waals surface area (Å²) < 4.78 is 5.65. The third-order valence-corrected chi connectivity index (χ3v) is 3.99. The van der Waals surface area contributed by atoms with Gasteiger partial charge in [-0.2, -0.15) is 10.1 Å². The maximum atomic E-state index is 12.2. The first-order valence-corrected chi connectivity index (χ1v) is 8.45. The summed E-state index contributed by atoms with van der Waals surface area (Å²) >= 11 is 0. The number of carbonyl (C=O) groups excluding carboxylic acids is 2. The molecule has 25 heavy (non-hydrogen) atoms. The van der Waals surface area contributed by atoms with E-state index in [1.165, 1.54) is 6.21 Å². The molecule has 0 saturated heterocycles. The van der Waals surface area contributed by atoms with Gasteiger partial charge in [0.1, 0.15) is 5.75 Å². The minimum absolute atomic E-state index is 0.389. The Morgan fingerprint density at radius 2 is 1.60 bits per heavy atom. The average Bonchev–Trinajstić information content (AvgIpc) is 2.89. The number of hydrogen-bond acceptors (Lipinski definition) is 4. The molecule has 0 spiro atoms. The summed E-state index contributed by atoms with van der Waals surface area (Å²) in [4.78, 5) is 24.5. The molecule has 0 N–H and O–H groups in total. The molecule has 0 saturated carbocycles. The Hall–Kier alpha value is -2.95. The van der Waals surface area contributed by atoms with E-state index in [4.69, 9.17) is 4.74 Å². The van der Waals surface area contributed by atoms with Crippen molar-refractivity contribution >= 4 is 18.0 Å². The van der Waals surface area contributed by atoms with Gasteiger partial charge in [-0.05, 0) is 48.4 Å².